The van der Waals surface area contributed by atoms with E-state index in [0.29, 0.717) is 23.3 Å². The summed E-state index contributed by atoms with van der Waals surface area (Å²) in [5, 5.41) is 0. The highest BCUT2D eigenvalue weighted by Crippen LogP contribution is 2.26. The van der Waals surface area contributed by atoms with Gasteiger partial charge in [0.1, 0.15) is 0 Å². The van der Waals surface area contributed by atoms with Gasteiger partial charge >= 0.3 is 0 Å². The molecule has 0 aliphatic carbocycles. The second kappa shape index (κ2) is 4.78. The van der Waals surface area contributed by atoms with E-state index in [-0.39, 0.29) is 5.91 Å². The Bertz CT molecular complexity index is 406. The topological polar surface area (TPSA) is 46.3 Å². The van der Waals surface area contributed by atoms with E-state index in [1.807, 2.05) is 23.1 Å². The number of piperidine rings is 1. The van der Waals surface area contributed by atoms with Crippen LogP contribution < -0.4 is 5.73 Å². The zero-order valence-electron chi connectivity index (χ0n) is 10.5. The Morgan fingerprint density at radius 2 is 1.82 bits per heavy atom. The number of anilines is 1. The molecule has 0 bridgehead atoms. The molecule has 17 heavy (non-hydrogen) atoms. The Kier molecular flexibility index (Phi) is 3.36. The molecule has 0 saturated carbocycles. The fourth-order valence-electron chi connectivity index (χ4n) is 2.65. The summed E-state index contributed by atoms with van der Waals surface area (Å²) in [6, 6.07) is 7.94. The molecular formula is C14H20N2O. The van der Waals surface area contributed by atoms with Crippen LogP contribution >= 0.6 is 0 Å². The van der Waals surface area contributed by atoms with Crippen LogP contribution in [0.3, 0.4) is 0 Å². The quantitative estimate of drug-likeness (QED) is 0.757. The molecule has 2 rings (SSSR count). The monoisotopic (exact) mass is 232 g/mol. The van der Waals surface area contributed by atoms with Gasteiger partial charge in [0.2, 0.25) is 0 Å². The Morgan fingerprint density at radius 1 is 1.24 bits per heavy atom. The first kappa shape index (κ1) is 12.0. The molecule has 92 valence electrons. The number of hydrogen-bond donors (Lipinski definition) is 1. The highest BCUT2D eigenvalue weighted by molar-refractivity contribution is 5.99. The van der Waals surface area contributed by atoms with Gasteiger partial charge in [-0.15, -0.1) is 0 Å². The van der Waals surface area contributed by atoms with Crippen LogP contribution in [0.4, 0.5) is 5.69 Å². The first-order valence-corrected chi connectivity index (χ1v) is 6.28. The average molecular weight is 232 g/mol. The number of rotatable bonds is 1. The zero-order chi connectivity index (χ0) is 12.4. The summed E-state index contributed by atoms with van der Waals surface area (Å²) in [5.41, 5.74) is 7.08. The van der Waals surface area contributed by atoms with Gasteiger partial charge in [-0.1, -0.05) is 12.1 Å². The summed E-state index contributed by atoms with van der Waals surface area (Å²) < 4.78 is 0. The van der Waals surface area contributed by atoms with Crippen molar-refractivity contribution in [2.75, 3.05) is 5.73 Å². The predicted octanol–water partition coefficient (Wildman–Crippen LogP) is 2.67. The van der Waals surface area contributed by atoms with Crippen LogP contribution in [-0.2, 0) is 0 Å². The largest absolute Gasteiger partial charge is 0.398 e. The molecular weight excluding hydrogens is 212 g/mol. The number of hydrogen-bond acceptors (Lipinski definition) is 2. The number of nitrogens with two attached hydrogens (primary N) is 1. The lowest BCUT2D eigenvalue weighted by molar-refractivity contribution is 0.0512. The van der Waals surface area contributed by atoms with Crippen LogP contribution in [0.2, 0.25) is 0 Å². The van der Waals surface area contributed by atoms with Crippen LogP contribution in [0, 0.1) is 0 Å². The van der Waals surface area contributed by atoms with E-state index in [1.54, 1.807) is 6.07 Å². The van der Waals surface area contributed by atoms with E-state index in [0.717, 1.165) is 12.8 Å². The lowest BCUT2D eigenvalue weighted by atomic mass is 9.96. The number of benzene rings is 1. The minimum Gasteiger partial charge on any atom is -0.398 e. The fraction of sp³-hybridized carbons (Fsp3) is 0.500. The van der Waals surface area contributed by atoms with Crippen molar-refractivity contribution in [1.82, 2.24) is 4.90 Å². The predicted molar refractivity (Wildman–Crippen MR) is 69.8 cm³/mol. The molecule has 3 heteroatoms. The smallest absolute Gasteiger partial charge is 0.256 e. The summed E-state index contributed by atoms with van der Waals surface area (Å²) in [4.78, 5) is 14.5. The maximum Gasteiger partial charge on any atom is 0.256 e. The van der Waals surface area contributed by atoms with Crippen molar-refractivity contribution in [3.8, 4) is 0 Å². The second-order valence-corrected chi connectivity index (χ2v) is 4.93. The average Bonchev–Trinajstić information content (AvgIpc) is 2.29. The maximum absolute atomic E-state index is 12.5. The molecule has 1 fully saturated rings. The van der Waals surface area contributed by atoms with Gasteiger partial charge in [0.25, 0.3) is 5.91 Å². The molecule has 0 aromatic heterocycles. The molecule has 1 aromatic rings. The summed E-state index contributed by atoms with van der Waals surface area (Å²) >= 11 is 0. The molecule has 0 radical (unpaired) electrons. The molecule has 1 aromatic carbocycles. The number of likely N-dealkylation sites (tertiary alicyclic amines) is 1. The SMILES string of the molecule is CC1CCCC(C)N1C(=O)c1ccccc1N. The zero-order valence-corrected chi connectivity index (χ0v) is 10.5. The fourth-order valence-corrected chi connectivity index (χ4v) is 2.65. The van der Waals surface area contributed by atoms with Crippen molar-refractivity contribution in [3.63, 3.8) is 0 Å². The van der Waals surface area contributed by atoms with E-state index in [4.69, 9.17) is 5.73 Å². The minimum atomic E-state index is 0.0720. The van der Waals surface area contributed by atoms with E-state index in [9.17, 15) is 4.79 Å². The van der Waals surface area contributed by atoms with Gasteiger partial charge in [0, 0.05) is 17.8 Å². The number of para-hydroxylation sites is 1. The first-order valence-electron chi connectivity index (χ1n) is 6.28. The van der Waals surface area contributed by atoms with Crippen molar-refractivity contribution in [2.45, 2.75) is 45.2 Å². The molecule has 2 atom stereocenters. The summed E-state index contributed by atoms with van der Waals surface area (Å²) in [7, 11) is 0. The third kappa shape index (κ3) is 2.28. The Hall–Kier alpha value is -1.51. The Morgan fingerprint density at radius 3 is 2.41 bits per heavy atom. The van der Waals surface area contributed by atoms with Crippen LogP contribution in [0.25, 0.3) is 0 Å². The van der Waals surface area contributed by atoms with E-state index in [1.165, 1.54) is 6.42 Å². The maximum atomic E-state index is 12.5. The van der Waals surface area contributed by atoms with Gasteiger partial charge in [-0.25, -0.2) is 0 Å². The van der Waals surface area contributed by atoms with Crippen LogP contribution in [0.15, 0.2) is 24.3 Å². The van der Waals surface area contributed by atoms with Crippen molar-refractivity contribution in [1.29, 1.82) is 0 Å². The Labute approximate surface area is 103 Å². The van der Waals surface area contributed by atoms with E-state index < -0.39 is 0 Å². The summed E-state index contributed by atoms with van der Waals surface area (Å²) in [6.07, 6.45) is 3.38. The standard InChI is InChI=1S/C14H20N2O/c1-10-6-5-7-11(2)16(10)14(17)12-8-3-4-9-13(12)15/h3-4,8-11H,5-7,15H2,1-2H3. The number of carbonyl (C=O) groups is 1. The molecule has 1 heterocycles. The van der Waals surface area contributed by atoms with Crippen LogP contribution in [0.1, 0.15) is 43.5 Å². The number of amides is 1. The van der Waals surface area contributed by atoms with Crippen LogP contribution in [0.5, 0.6) is 0 Å². The van der Waals surface area contributed by atoms with Gasteiger partial charge in [-0.05, 0) is 45.2 Å². The number of carbonyl (C=O) groups excluding carboxylic acids is 1. The number of nitrogen functional groups attached to an aromatic ring is 1. The highest BCUT2D eigenvalue weighted by Gasteiger charge is 2.30. The van der Waals surface area contributed by atoms with Gasteiger partial charge in [-0.2, -0.15) is 0 Å². The normalized spacial score (nSPS) is 24.7. The van der Waals surface area contributed by atoms with Gasteiger partial charge in [0.05, 0.1) is 5.56 Å². The van der Waals surface area contributed by atoms with Gasteiger partial charge in [-0.3, -0.25) is 4.79 Å². The molecule has 1 aliphatic heterocycles. The molecule has 2 unspecified atom stereocenters. The highest BCUT2D eigenvalue weighted by atomic mass is 16.2. The molecule has 1 amide bonds. The van der Waals surface area contributed by atoms with Gasteiger partial charge < -0.3 is 10.6 Å². The van der Waals surface area contributed by atoms with Crippen LogP contribution in [-0.4, -0.2) is 22.9 Å². The summed E-state index contributed by atoms with van der Waals surface area (Å²) in [5.74, 6) is 0.0720. The van der Waals surface area contributed by atoms with Gasteiger partial charge in [0.15, 0.2) is 0 Å². The molecule has 1 aliphatic rings. The third-order valence-corrected chi connectivity index (χ3v) is 3.62. The molecule has 1 saturated heterocycles. The molecule has 2 N–H and O–H groups in total. The molecule has 3 nitrogen and oxygen atoms in total. The first-order chi connectivity index (χ1) is 8.11. The summed E-state index contributed by atoms with van der Waals surface area (Å²) in [6.45, 7) is 4.24. The lowest BCUT2D eigenvalue weighted by Gasteiger charge is -2.39. The Balaban J connectivity index is 2.27. The van der Waals surface area contributed by atoms with Crippen molar-refractivity contribution < 1.29 is 4.79 Å². The van der Waals surface area contributed by atoms with E-state index in [2.05, 4.69) is 13.8 Å². The lowest BCUT2D eigenvalue weighted by Crippen LogP contribution is -2.47. The second-order valence-electron chi connectivity index (χ2n) is 4.93. The van der Waals surface area contributed by atoms with Crippen molar-refractivity contribution in [3.05, 3.63) is 29.8 Å². The van der Waals surface area contributed by atoms with Crippen molar-refractivity contribution >= 4 is 11.6 Å². The minimum absolute atomic E-state index is 0.0720. The van der Waals surface area contributed by atoms with Crippen molar-refractivity contribution in [2.24, 2.45) is 0 Å². The molecule has 0 spiro atoms. The van der Waals surface area contributed by atoms with E-state index >= 15 is 0 Å². The third-order valence-electron chi connectivity index (χ3n) is 3.62. The number of nitrogens with zero attached hydrogens (tertiary/aromatic N) is 1.